The first-order chi connectivity index (χ1) is 17.7. The predicted molar refractivity (Wildman–Crippen MR) is 133 cm³/mol. The first-order valence-electron chi connectivity index (χ1n) is 13.3. The van der Waals surface area contributed by atoms with E-state index in [0.29, 0.717) is 24.6 Å². The van der Waals surface area contributed by atoms with Crippen molar-refractivity contribution >= 4 is 6.08 Å². The van der Waals surface area contributed by atoms with Crippen molar-refractivity contribution in [3.63, 3.8) is 0 Å². The van der Waals surface area contributed by atoms with Gasteiger partial charge in [-0.25, -0.2) is 4.39 Å². The number of nitrogens with zero attached hydrogens (tertiary/aromatic N) is 1. The third kappa shape index (κ3) is 4.43. The summed E-state index contributed by atoms with van der Waals surface area (Å²) >= 11 is 0. The minimum atomic E-state index is -4.60. The molecule has 2 spiro atoms. The van der Waals surface area contributed by atoms with E-state index in [1.807, 2.05) is 0 Å². The number of rotatable bonds is 4. The monoisotopic (exact) mass is 515 g/mol. The molecular weight excluding hydrogens is 482 g/mol. The van der Waals surface area contributed by atoms with Gasteiger partial charge in [0.15, 0.2) is 6.29 Å². The second-order valence-electron chi connectivity index (χ2n) is 11.5. The summed E-state index contributed by atoms with van der Waals surface area (Å²) < 4.78 is 65.1. The molecule has 2 aromatic carbocycles. The zero-order chi connectivity index (χ0) is 25.8. The fraction of sp³-hybridized carbons (Fsp3) is 0.533. The average Bonchev–Trinajstić information content (AvgIpc) is 3.58. The van der Waals surface area contributed by atoms with E-state index in [4.69, 9.17) is 9.47 Å². The van der Waals surface area contributed by atoms with Gasteiger partial charge in [-0.3, -0.25) is 0 Å². The van der Waals surface area contributed by atoms with Crippen LogP contribution in [0, 0.1) is 17.2 Å². The number of halogens is 4. The van der Waals surface area contributed by atoms with Gasteiger partial charge in [-0.05, 0) is 79.5 Å². The number of hydrogen-bond donors (Lipinski definition) is 0. The Labute approximate surface area is 215 Å². The standard InChI is InChI=1S/C30H33F4NO2/c1-20-18-35(12-10-29(20)9-6-22-4-2-3-5-26(22)29)25-7-8-28(17-25)11-13-36-27(28)37-19-21-14-23(30(32,33)34)16-24(31)15-21/h2-6,9,14-16,20,25,27H,7-8,10-13,17-19H2,1H3/t20-,25+,27+,28+,29-/m0/s1. The van der Waals surface area contributed by atoms with E-state index in [2.05, 4.69) is 48.2 Å². The molecule has 2 aromatic rings. The minimum absolute atomic E-state index is 0.104. The molecular formula is C30H33F4NO2. The summed E-state index contributed by atoms with van der Waals surface area (Å²) in [6, 6.07) is 11.8. The van der Waals surface area contributed by atoms with E-state index >= 15 is 0 Å². The minimum Gasteiger partial charge on any atom is -0.352 e. The molecule has 0 bridgehead atoms. The molecule has 4 aliphatic rings. The summed E-state index contributed by atoms with van der Waals surface area (Å²) in [5.74, 6) is -0.409. The van der Waals surface area contributed by atoms with Crippen molar-refractivity contribution in [1.29, 1.82) is 0 Å². The number of hydrogen-bond acceptors (Lipinski definition) is 3. The van der Waals surface area contributed by atoms with Gasteiger partial charge in [0.25, 0.3) is 0 Å². The molecule has 6 rings (SSSR count). The number of fused-ring (bicyclic) bond motifs is 2. The smallest absolute Gasteiger partial charge is 0.352 e. The Morgan fingerprint density at radius 3 is 2.76 bits per heavy atom. The molecule has 0 unspecified atom stereocenters. The molecule has 3 nitrogen and oxygen atoms in total. The van der Waals surface area contributed by atoms with Gasteiger partial charge >= 0.3 is 6.18 Å². The first kappa shape index (κ1) is 25.1. The van der Waals surface area contributed by atoms with Crippen LogP contribution >= 0.6 is 0 Å². The molecule has 2 aliphatic carbocycles. The van der Waals surface area contributed by atoms with Crippen molar-refractivity contribution in [3.05, 3.63) is 76.6 Å². The Morgan fingerprint density at radius 1 is 1.11 bits per heavy atom. The summed E-state index contributed by atoms with van der Waals surface area (Å²) in [6.45, 7) is 4.92. The molecule has 198 valence electrons. The van der Waals surface area contributed by atoms with Crippen LogP contribution in [0.4, 0.5) is 17.6 Å². The predicted octanol–water partition coefficient (Wildman–Crippen LogP) is 6.95. The van der Waals surface area contributed by atoms with E-state index in [-0.39, 0.29) is 23.0 Å². The number of likely N-dealkylation sites (tertiary alicyclic amines) is 1. The summed E-state index contributed by atoms with van der Waals surface area (Å²) in [7, 11) is 0. The lowest BCUT2D eigenvalue weighted by atomic mass is 9.67. The van der Waals surface area contributed by atoms with Crippen LogP contribution < -0.4 is 0 Å². The van der Waals surface area contributed by atoms with Crippen molar-refractivity contribution in [2.75, 3.05) is 19.7 Å². The fourth-order valence-corrected chi connectivity index (χ4v) is 7.39. The highest BCUT2D eigenvalue weighted by Gasteiger charge is 2.52. The maximum absolute atomic E-state index is 13.8. The van der Waals surface area contributed by atoms with Crippen molar-refractivity contribution < 1.29 is 27.0 Å². The van der Waals surface area contributed by atoms with Crippen molar-refractivity contribution in [2.45, 2.75) is 69.6 Å². The van der Waals surface area contributed by atoms with Crippen molar-refractivity contribution in [1.82, 2.24) is 4.90 Å². The topological polar surface area (TPSA) is 21.7 Å². The normalized spacial score (nSPS) is 33.6. The lowest BCUT2D eigenvalue weighted by Crippen LogP contribution is -2.50. The Kier molecular flexibility index (Phi) is 6.24. The molecule has 0 amide bonds. The Bertz CT molecular complexity index is 1200. The van der Waals surface area contributed by atoms with Gasteiger partial charge in [-0.1, -0.05) is 43.3 Å². The molecule has 5 atom stereocenters. The quantitative estimate of drug-likeness (QED) is 0.411. The lowest BCUT2D eigenvalue weighted by molar-refractivity contribution is -0.167. The van der Waals surface area contributed by atoms with Crippen LogP contribution in [-0.2, 0) is 27.7 Å². The van der Waals surface area contributed by atoms with E-state index in [9.17, 15) is 17.6 Å². The van der Waals surface area contributed by atoms with Crippen molar-refractivity contribution in [3.8, 4) is 0 Å². The first-order valence-corrected chi connectivity index (χ1v) is 13.3. The largest absolute Gasteiger partial charge is 0.416 e. The third-order valence-electron chi connectivity index (χ3n) is 9.41. The molecule has 0 aromatic heterocycles. The lowest BCUT2D eigenvalue weighted by Gasteiger charge is -2.46. The van der Waals surface area contributed by atoms with E-state index in [1.165, 1.54) is 11.1 Å². The highest BCUT2D eigenvalue weighted by Crippen LogP contribution is 2.53. The van der Waals surface area contributed by atoms with Crippen LogP contribution in [-0.4, -0.2) is 36.9 Å². The molecule has 7 heteroatoms. The number of benzene rings is 2. The van der Waals surface area contributed by atoms with E-state index in [0.717, 1.165) is 57.3 Å². The van der Waals surface area contributed by atoms with E-state index in [1.54, 1.807) is 0 Å². The van der Waals surface area contributed by atoms with Crippen LogP contribution in [0.1, 0.15) is 61.3 Å². The summed E-state index contributed by atoms with van der Waals surface area (Å²) in [6.07, 6.45) is 4.60. The van der Waals surface area contributed by atoms with Gasteiger partial charge in [0, 0.05) is 23.4 Å². The van der Waals surface area contributed by atoms with Gasteiger partial charge in [0.2, 0.25) is 0 Å². The highest BCUT2D eigenvalue weighted by atomic mass is 19.4. The van der Waals surface area contributed by atoms with Gasteiger partial charge in [0.1, 0.15) is 5.82 Å². The van der Waals surface area contributed by atoms with Gasteiger partial charge in [0.05, 0.1) is 18.8 Å². The summed E-state index contributed by atoms with van der Waals surface area (Å²) in [4.78, 5) is 2.64. The van der Waals surface area contributed by atoms with Crippen LogP contribution in [0.3, 0.4) is 0 Å². The van der Waals surface area contributed by atoms with Crippen molar-refractivity contribution in [2.24, 2.45) is 11.3 Å². The van der Waals surface area contributed by atoms with Crippen LogP contribution in [0.2, 0.25) is 0 Å². The van der Waals surface area contributed by atoms with Crippen LogP contribution in [0.25, 0.3) is 6.08 Å². The maximum atomic E-state index is 13.8. The molecule has 37 heavy (non-hydrogen) atoms. The van der Waals surface area contributed by atoms with Crippen LogP contribution in [0.5, 0.6) is 0 Å². The number of piperidine rings is 1. The molecule has 3 fully saturated rings. The Balaban J connectivity index is 1.11. The summed E-state index contributed by atoms with van der Waals surface area (Å²) in [5, 5.41) is 0. The molecule has 1 saturated carbocycles. The number of ether oxygens (including phenoxy) is 2. The Morgan fingerprint density at radius 2 is 1.95 bits per heavy atom. The zero-order valence-electron chi connectivity index (χ0n) is 21.1. The third-order valence-corrected chi connectivity index (χ3v) is 9.41. The summed E-state index contributed by atoms with van der Waals surface area (Å²) in [5.41, 5.74) is 1.95. The Hall–Kier alpha value is -2.22. The fourth-order valence-electron chi connectivity index (χ4n) is 7.39. The van der Waals surface area contributed by atoms with E-state index < -0.39 is 23.8 Å². The second kappa shape index (κ2) is 9.21. The molecule has 0 N–H and O–H groups in total. The maximum Gasteiger partial charge on any atom is 0.416 e. The second-order valence-corrected chi connectivity index (χ2v) is 11.5. The number of alkyl halides is 3. The highest BCUT2D eigenvalue weighted by molar-refractivity contribution is 5.65. The van der Waals surface area contributed by atoms with Gasteiger partial charge < -0.3 is 14.4 Å². The SMILES string of the molecule is C[C@H]1CN([C@@H]2CC[C@@]3(CCO[C@@H]3OCc3cc(F)cc(C(F)(F)F)c3)C2)CC[C@@]12C=Cc1ccccc12. The number of allylic oxidation sites excluding steroid dienone is 1. The zero-order valence-corrected chi connectivity index (χ0v) is 21.1. The van der Waals surface area contributed by atoms with Gasteiger partial charge in [-0.15, -0.1) is 0 Å². The van der Waals surface area contributed by atoms with Crippen LogP contribution in [0.15, 0.2) is 48.5 Å². The molecule has 2 saturated heterocycles. The molecule has 0 radical (unpaired) electrons. The average molecular weight is 516 g/mol. The molecule has 2 aliphatic heterocycles. The van der Waals surface area contributed by atoms with Gasteiger partial charge in [-0.2, -0.15) is 13.2 Å². The molecule has 2 heterocycles.